The molecule has 1 amide bonds. The van der Waals surface area contributed by atoms with Crippen molar-refractivity contribution < 1.29 is 29.5 Å². The first-order valence-corrected chi connectivity index (χ1v) is 8.89. The molecule has 0 saturated carbocycles. The first-order valence-electron chi connectivity index (χ1n) is 8.89. The van der Waals surface area contributed by atoms with Gasteiger partial charge in [0.25, 0.3) is 11.6 Å². The number of amides is 1. The molecule has 0 radical (unpaired) electrons. The fourth-order valence-corrected chi connectivity index (χ4v) is 2.84. The molecule has 1 aliphatic heterocycles. The fraction of sp³-hybridized carbons (Fsp3) is 0.263. The summed E-state index contributed by atoms with van der Waals surface area (Å²) in [4.78, 5) is 49.2. The van der Waals surface area contributed by atoms with Gasteiger partial charge in [0.2, 0.25) is 0 Å². The molecule has 11 heteroatoms. The highest BCUT2D eigenvalue weighted by Gasteiger charge is 2.23. The van der Waals surface area contributed by atoms with Gasteiger partial charge in [-0.2, -0.15) is 0 Å². The molecule has 1 aromatic heterocycles. The Morgan fingerprint density at radius 2 is 1.63 bits per heavy atom. The number of aliphatic carboxylic acids is 2. The maximum atomic E-state index is 12.4. The lowest BCUT2D eigenvalue weighted by Crippen LogP contribution is -2.48. The third-order valence-electron chi connectivity index (χ3n) is 4.33. The van der Waals surface area contributed by atoms with Crippen LogP contribution in [0.25, 0.3) is 0 Å². The molecule has 11 nitrogen and oxygen atoms in total. The SMILES string of the molecule is O=C(O)C(=O)O.O=C(c1cccnc1)N1CCN(Cc2ccccc2[N+](=O)[O-])CC1. The number of rotatable bonds is 4. The van der Waals surface area contributed by atoms with E-state index in [4.69, 9.17) is 19.8 Å². The van der Waals surface area contributed by atoms with Crippen molar-refractivity contribution in [1.29, 1.82) is 0 Å². The number of carboxylic acid groups (broad SMARTS) is 2. The standard InChI is InChI=1S/C17H18N4O3.C2H2O4/c22-17(14-5-3-7-18-12-14)20-10-8-19(9-11-20)13-15-4-1-2-6-16(15)21(23)24;3-1(4)2(5)6/h1-7,12H,8-11,13H2;(H,3,4)(H,5,6). The van der Waals surface area contributed by atoms with Gasteiger partial charge in [-0.25, -0.2) is 9.59 Å². The first-order chi connectivity index (χ1) is 14.3. The number of pyridine rings is 1. The summed E-state index contributed by atoms with van der Waals surface area (Å²) >= 11 is 0. The molecule has 30 heavy (non-hydrogen) atoms. The number of nitro benzene ring substituents is 1. The summed E-state index contributed by atoms with van der Waals surface area (Å²) < 4.78 is 0. The van der Waals surface area contributed by atoms with E-state index < -0.39 is 11.9 Å². The average Bonchev–Trinajstić information content (AvgIpc) is 2.75. The molecule has 0 unspecified atom stereocenters. The number of piperazine rings is 1. The minimum absolute atomic E-state index is 0.0200. The van der Waals surface area contributed by atoms with Crippen LogP contribution < -0.4 is 0 Å². The smallest absolute Gasteiger partial charge is 0.414 e. The van der Waals surface area contributed by atoms with Crippen LogP contribution in [0.1, 0.15) is 15.9 Å². The van der Waals surface area contributed by atoms with E-state index in [-0.39, 0.29) is 16.5 Å². The highest BCUT2D eigenvalue weighted by atomic mass is 16.6. The predicted octanol–water partition coefficient (Wildman–Crippen LogP) is 1.10. The summed E-state index contributed by atoms with van der Waals surface area (Å²) in [6, 6.07) is 10.3. The van der Waals surface area contributed by atoms with E-state index in [1.165, 1.54) is 6.07 Å². The minimum atomic E-state index is -1.82. The predicted molar refractivity (Wildman–Crippen MR) is 104 cm³/mol. The van der Waals surface area contributed by atoms with Crippen LogP contribution in [0.4, 0.5) is 5.69 Å². The van der Waals surface area contributed by atoms with E-state index >= 15 is 0 Å². The van der Waals surface area contributed by atoms with Gasteiger partial charge in [0.1, 0.15) is 0 Å². The molecule has 0 spiro atoms. The van der Waals surface area contributed by atoms with Gasteiger partial charge in [0, 0.05) is 56.7 Å². The number of para-hydroxylation sites is 1. The van der Waals surface area contributed by atoms with E-state index in [0.717, 1.165) is 0 Å². The molecule has 1 saturated heterocycles. The highest BCUT2D eigenvalue weighted by molar-refractivity contribution is 6.27. The summed E-state index contributed by atoms with van der Waals surface area (Å²) in [5.41, 5.74) is 1.44. The van der Waals surface area contributed by atoms with Crippen molar-refractivity contribution in [3.8, 4) is 0 Å². The second-order valence-corrected chi connectivity index (χ2v) is 6.31. The molecule has 0 aliphatic carbocycles. The molecule has 1 aliphatic rings. The van der Waals surface area contributed by atoms with E-state index in [1.54, 1.807) is 41.6 Å². The van der Waals surface area contributed by atoms with E-state index in [1.807, 2.05) is 6.07 Å². The van der Waals surface area contributed by atoms with Gasteiger partial charge in [0.05, 0.1) is 10.5 Å². The van der Waals surface area contributed by atoms with Crippen LogP contribution >= 0.6 is 0 Å². The van der Waals surface area contributed by atoms with Crippen LogP contribution in [0.3, 0.4) is 0 Å². The van der Waals surface area contributed by atoms with Crippen LogP contribution in [0.5, 0.6) is 0 Å². The van der Waals surface area contributed by atoms with Gasteiger partial charge in [-0.1, -0.05) is 18.2 Å². The maximum Gasteiger partial charge on any atom is 0.414 e. The molecule has 158 valence electrons. The van der Waals surface area contributed by atoms with Crippen LogP contribution in [0.2, 0.25) is 0 Å². The molecular weight excluding hydrogens is 396 g/mol. The molecule has 3 rings (SSSR count). The Morgan fingerprint density at radius 3 is 2.17 bits per heavy atom. The minimum Gasteiger partial charge on any atom is -0.473 e. The Bertz CT molecular complexity index is 900. The van der Waals surface area contributed by atoms with Crippen molar-refractivity contribution in [2.45, 2.75) is 6.54 Å². The molecule has 0 bridgehead atoms. The molecule has 2 heterocycles. The van der Waals surface area contributed by atoms with Gasteiger partial charge >= 0.3 is 11.9 Å². The molecular formula is C19H20N4O7. The summed E-state index contributed by atoms with van der Waals surface area (Å²) in [7, 11) is 0. The normalized spacial score (nSPS) is 13.7. The van der Waals surface area contributed by atoms with Crippen molar-refractivity contribution in [2.75, 3.05) is 26.2 Å². The Morgan fingerprint density at radius 1 is 1.00 bits per heavy atom. The quantitative estimate of drug-likeness (QED) is 0.423. The van der Waals surface area contributed by atoms with Crippen molar-refractivity contribution in [3.63, 3.8) is 0 Å². The highest BCUT2D eigenvalue weighted by Crippen LogP contribution is 2.20. The van der Waals surface area contributed by atoms with Gasteiger partial charge in [-0.15, -0.1) is 0 Å². The second-order valence-electron chi connectivity index (χ2n) is 6.31. The number of carbonyl (C=O) groups excluding carboxylic acids is 1. The number of nitro groups is 1. The maximum absolute atomic E-state index is 12.4. The zero-order valence-electron chi connectivity index (χ0n) is 15.9. The Kier molecular flexibility index (Phi) is 7.94. The van der Waals surface area contributed by atoms with E-state index in [9.17, 15) is 14.9 Å². The van der Waals surface area contributed by atoms with Crippen molar-refractivity contribution in [1.82, 2.24) is 14.8 Å². The zero-order valence-corrected chi connectivity index (χ0v) is 15.9. The second kappa shape index (κ2) is 10.6. The van der Waals surface area contributed by atoms with E-state index in [0.29, 0.717) is 43.9 Å². The van der Waals surface area contributed by atoms with Crippen LogP contribution in [0, 0.1) is 10.1 Å². The Labute approximate surface area is 171 Å². The lowest BCUT2D eigenvalue weighted by atomic mass is 10.1. The van der Waals surface area contributed by atoms with Crippen molar-refractivity contribution in [2.24, 2.45) is 0 Å². The third kappa shape index (κ3) is 6.34. The molecule has 0 atom stereocenters. The molecule has 2 aromatic rings. The summed E-state index contributed by atoms with van der Waals surface area (Å²) in [6.45, 7) is 3.12. The van der Waals surface area contributed by atoms with E-state index in [2.05, 4.69) is 9.88 Å². The van der Waals surface area contributed by atoms with Gasteiger partial charge in [-0.3, -0.25) is 24.8 Å². The van der Waals surface area contributed by atoms with Gasteiger partial charge in [-0.05, 0) is 12.1 Å². The number of carbonyl (C=O) groups is 3. The van der Waals surface area contributed by atoms with Gasteiger partial charge in [0.15, 0.2) is 0 Å². The third-order valence-corrected chi connectivity index (χ3v) is 4.33. The summed E-state index contributed by atoms with van der Waals surface area (Å²) in [5.74, 6) is -3.67. The monoisotopic (exact) mass is 416 g/mol. The Balaban J connectivity index is 0.000000469. The van der Waals surface area contributed by atoms with Crippen molar-refractivity contribution in [3.05, 3.63) is 70.0 Å². The van der Waals surface area contributed by atoms with Crippen LogP contribution in [-0.2, 0) is 16.1 Å². The number of hydrogen-bond donors (Lipinski definition) is 2. The topological polar surface area (TPSA) is 154 Å². The first kappa shape index (κ1) is 22.4. The number of benzene rings is 1. The molecule has 1 aromatic carbocycles. The average molecular weight is 416 g/mol. The lowest BCUT2D eigenvalue weighted by molar-refractivity contribution is -0.385. The van der Waals surface area contributed by atoms with Gasteiger partial charge < -0.3 is 15.1 Å². The summed E-state index contributed by atoms with van der Waals surface area (Å²) in [5, 5.41) is 25.9. The number of hydrogen-bond acceptors (Lipinski definition) is 7. The zero-order chi connectivity index (χ0) is 22.1. The van der Waals surface area contributed by atoms with Crippen LogP contribution in [-0.4, -0.2) is 73.9 Å². The Hall–Kier alpha value is -3.86. The largest absolute Gasteiger partial charge is 0.473 e. The lowest BCUT2D eigenvalue weighted by Gasteiger charge is -2.34. The number of aromatic nitrogens is 1. The number of carboxylic acids is 2. The molecule has 1 fully saturated rings. The molecule has 2 N–H and O–H groups in total. The van der Waals surface area contributed by atoms with Crippen LogP contribution in [0.15, 0.2) is 48.8 Å². The number of nitrogens with zero attached hydrogens (tertiary/aromatic N) is 4. The summed E-state index contributed by atoms with van der Waals surface area (Å²) in [6.07, 6.45) is 3.21. The van der Waals surface area contributed by atoms with Crippen molar-refractivity contribution >= 4 is 23.5 Å². The fourth-order valence-electron chi connectivity index (χ4n) is 2.84.